The first-order chi connectivity index (χ1) is 14.8. The van der Waals surface area contributed by atoms with Gasteiger partial charge in [-0.15, -0.1) is 0 Å². The van der Waals surface area contributed by atoms with E-state index in [0.717, 1.165) is 0 Å². The van der Waals surface area contributed by atoms with Gasteiger partial charge in [0.15, 0.2) is 5.82 Å². The summed E-state index contributed by atoms with van der Waals surface area (Å²) in [5.74, 6) is 1.04. The number of nitrogens with two attached hydrogens (primary N) is 1. The van der Waals surface area contributed by atoms with Crippen LogP contribution in [0, 0.1) is 6.92 Å². The van der Waals surface area contributed by atoms with E-state index in [-0.39, 0.29) is 4.90 Å². The largest absolute Gasteiger partial charge is 0.497 e. The van der Waals surface area contributed by atoms with Gasteiger partial charge in [0.05, 0.1) is 33.7 Å². The van der Waals surface area contributed by atoms with Crippen LogP contribution in [0.2, 0.25) is 5.02 Å². The number of methoxy groups -OCH3 is 1. The van der Waals surface area contributed by atoms with E-state index in [2.05, 4.69) is 5.32 Å². The van der Waals surface area contributed by atoms with Gasteiger partial charge in [-0.25, -0.2) is 23.5 Å². The Morgan fingerprint density at radius 3 is 2.39 bits per heavy atom. The van der Waals surface area contributed by atoms with Crippen LogP contribution in [0.25, 0.3) is 22.3 Å². The van der Waals surface area contributed by atoms with E-state index in [0.29, 0.717) is 50.1 Å². The van der Waals surface area contributed by atoms with Gasteiger partial charge in [-0.2, -0.15) is 0 Å². The number of halogens is 1. The number of sulfonamides is 1. The lowest BCUT2D eigenvalue weighted by Gasteiger charge is -2.16. The molecule has 0 spiro atoms. The number of benzene rings is 3. The maximum absolute atomic E-state index is 12.0. The monoisotopic (exact) mass is 454 g/mol. The zero-order valence-electron chi connectivity index (χ0n) is 16.8. The van der Waals surface area contributed by atoms with Crippen molar-refractivity contribution in [2.24, 2.45) is 5.14 Å². The molecule has 0 aliphatic rings. The summed E-state index contributed by atoms with van der Waals surface area (Å²) in [7, 11) is -2.33. The van der Waals surface area contributed by atoms with Gasteiger partial charge in [-0.3, -0.25) is 0 Å². The van der Waals surface area contributed by atoms with E-state index in [1.807, 2.05) is 24.3 Å². The normalized spacial score (nSPS) is 11.5. The predicted octanol–water partition coefficient (Wildman–Crippen LogP) is 4.66. The number of hydrogen-bond acceptors (Lipinski definition) is 6. The molecule has 0 amide bonds. The lowest BCUT2D eigenvalue weighted by atomic mass is 10.0. The number of para-hydroxylation sites is 2. The Hall–Kier alpha value is -3.20. The average molecular weight is 455 g/mol. The molecule has 3 aromatic carbocycles. The Labute approximate surface area is 184 Å². The number of anilines is 2. The van der Waals surface area contributed by atoms with Crippen molar-refractivity contribution in [3.8, 4) is 17.0 Å². The van der Waals surface area contributed by atoms with Crippen LogP contribution in [0.5, 0.6) is 5.75 Å². The Kier molecular flexibility index (Phi) is 5.53. The highest BCUT2D eigenvalue weighted by atomic mass is 35.5. The summed E-state index contributed by atoms with van der Waals surface area (Å²) in [4.78, 5) is 9.52. The smallest absolute Gasteiger partial charge is 0.238 e. The summed E-state index contributed by atoms with van der Waals surface area (Å²) in [6.45, 7) is 1.69. The molecule has 1 heterocycles. The molecule has 4 aromatic rings. The fourth-order valence-electron chi connectivity index (χ4n) is 3.31. The van der Waals surface area contributed by atoms with Crippen molar-refractivity contribution in [2.75, 3.05) is 12.4 Å². The standard InChI is InChI=1S/C22H19ClN4O3S/c1-13-15(6-5-9-20(13)31(24,28)29)21-22(26-18-8-4-3-7-17(18)25-21)27-19-12-14(30-2)10-11-16(19)23/h3-12H,1-2H3,(H,26,27)(H2,24,28,29). The summed E-state index contributed by atoms with van der Waals surface area (Å²) >= 11 is 6.37. The van der Waals surface area contributed by atoms with E-state index in [1.165, 1.54) is 6.07 Å². The molecule has 0 bridgehead atoms. The highest BCUT2D eigenvalue weighted by molar-refractivity contribution is 7.89. The van der Waals surface area contributed by atoms with Gasteiger partial charge in [-0.1, -0.05) is 35.9 Å². The average Bonchev–Trinajstić information content (AvgIpc) is 2.74. The maximum Gasteiger partial charge on any atom is 0.238 e. The molecule has 3 N–H and O–H groups in total. The van der Waals surface area contributed by atoms with Crippen molar-refractivity contribution in [3.05, 3.63) is 71.2 Å². The molecular weight excluding hydrogens is 436 g/mol. The second kappa shape index (κ2) is 8.14. The minimum Gasteiger partial charge on any atom is -0.497 e. The van der Waals surface area contributed by atoms with Crippen molar-refractivity contribution in [3.63, 3.8) is 0 Å². The molecule has 0 atom stereocenters. The van der Waals surface area contributed by atoms with Crippen molar-refractivity contribution >= 4 is 44.2 Å². The van der Waals surface area contributed by atoms with Crippen molar-refractivity contribution in [1.82, 2.24) is 9.97 Å². The molecule has 158 valence electrons. The van der Waals surface area contributed by atoms with Gasteiger partial charge in [0, 0.05) is 11.6 Å². The zero-order valence-corrected chi connectivity index (χ0v) is 18.3. The van der Waals surface area contributed by atoms with Crippen molar-refractivity contribution < 1.29 is 13.2 Å². The minimum atomic E-state index is -3.90. The third-order valence-electron chi connectivity index (χ3n) is 4.84. The van der Waals surface area contributed by atoms with Crippen LogP contribution in [-0.4, -0.2) is 25.5 Å². The molecule has 0 aliphatic heterocycles. The first kappa shape index (κ1) is 21.0. The van der Waals surface area contributed by atoms with E-state index < -0.39 is 10.0 Å². The van der Waals surface area contributed by atoms with Gasteiger partial charge < -0.3 is 10.1 Å². The number of primary sulfonamides is 1. The van der Waals surface area contributed by atoms with E-state index in [9.17, 15) is 8.42 Å². The summed E-state index contributed by atoms with van der Waals surface area (Å²) in [5, 5.41) is 9.09. The van der Waals surface area contributed by atoms with Crippen LogP contribution in [0.1, 0.15) is 5.56 Å². The van der Waals surface area contributed by atoms with Gasteiger partial charge in [0.2, 0.25) is 10.0 Å². The van der Waals surface area contributed by atoms with Crippen LogP contribution >= 0.6 is 11.6 Å². The molecule has 1 aromatic heterocycles. The molecule has 31 heavy (non-hydrogen) atoms. The molecule has 9 heteroatoms. The second-order valence-electron chi connectivity index (χ2n) is 6.85. The molecule has 4 rings (SSSR count). The van der Waals surface area contributed by atoms with E-state index >= 15 is 0 Å². The Morgan fingerprint density at radius 1 is 1.00 bits per heavy atom. The number of nitrogens with one attached hydrogen (secondary N) is 1. The molecule has 7 nitrogen and oxygen atoms in total. The summed E-state index contributed by atoms with van der Waals surface area (Å²) in [6, 6.07) is 17.5. The summed E-state index contributed by atoms with van der Waals surface area (Å²) < 4.78 is 29.4. The number of fused-ring (bicyclic) bond motifs is 1. The molecular formula is C22H19ClN4O3S. The zero-order chi connectivity index (χ0) is 22.2. The highest BCUT2D eigenvalue weighted by Crippen LogP contribution is 2.36. The molecule has 0 aliphatic carbocycles. The Morgan fingerprint density at radius 2 is 1.71 bits per heavy atom. The van der Waals surface area contributed by atoms with Gasteiger partial charge >= 0.3 is 0 Å². The predicted molar refractivity (Wildman–Crippen MR) is 122 cm³/mol. The van der Waals surface area contributed by atoms with Crippen LogP contribution in [0.4, 0.5) is 11.5 Å². The first-order valence-corrected chi connectivity index (χ1v) is 11.2. The van der Waals surface area contributed by atoms with Gasteiger partial charge in [0.25, 0.3) is 0 Å². The number of aromatic nitrogens is 2. The topological polar surface area (TPSA) is 107 Å². The Balaban J connectivity index is 1.96. The molecule has 0 unspecified atom stereocenters. The van der Waals surface area contributed by atoms with E-state index in [1.54, 1.807) is 44.4 Å². The highest BCUT2D eigenvalue weighted by Gasteiger charge is 2.19. The van der Waals surface area contributed by atoms with Crippen molar-refractivity contribution in [2.45, 2.75) is 11.8 Å². The number of ether oxygens (including phenoxy) is 1. The fraction of sp³-hybridized carbons (Fsp3) is 0.0909. The van der Waals surface area contributed by atoms with Gasteiger partial charge in [0.1, 0.15) is 11.4 Å². The van der Waals surface area contributed by atoms with Crippen LogP contribution in [0.15, 0.2) is 65.6 Å². The fourth-order valence-corrected chi connectivity index (χ4v) is 4.28. The van der Waals surface area contributed by atoms with E-state index in [4.69, 9.17) is 31.4 Å². The molecule has 0 saturated heterocycles. The molecule has 0 radical (unpaired) electrons. The SMILES string of the molecule is COc1ccc(Cl)c(Nc2nc3ccccc3nc2-c2cccc(S(N)(=O)=O)c2C)c1. The van der Waals surface area contributed by atoms with Crippen LogP contribution in [-0.2, 0) is 10.0 Å². The minimum absolute atomic E-state index is 0.0327. The maximum atomic E-state index is 12.0. The number of nitrogens with zero attached hydrogens (tertiary/aromatic N) is 2. The second-order valence-corrected chi connectivity index (χ2v) is 8.79. The molecule has 0 fully saturated rings. The third kappa shape index (κ3) is 4.18. The lowest BCUT2D eigenvalue weighted by Crippen LogP contribution is -2.14. The number of hydrogen-bond donors (Lipinski definition) is 2. The molecule has 0 saturated carbocycles. The summed E-state index contributed by atoms with van der Waals surface area (Å²) in [5.41, 5.74) is 3.46. The lowest BCUT2D eigenvalue weighted by molar-refractivity contribution is 0.415. The van der Waals surface area contributed by atoms with Crippen LogP contribution < -0.4 is 15.2 Å². The van der Waals surface area contributed by atoms with Crippen molar-refractivity contribution in [1.29, 1.82) is 0 Å². The number of rotatable bonds is 5. The Bertz CT molecular complexity index is 1410. The summed E-state index contributed by atoms with van der Waals surface area (Å²) in [6.07, 6.45) is 0. The third-order valence-corrected chi connectivity index (χ3v) is 6.23. The van der Waals surface area contributed by atoms with Gasteiger partial charge in [-0.05, 0) is 42.8 Å². The first-order valence-electron chi connectivity index (χ1n) is 9.28. The quantitative estimate of drug-likeness (QED) is 0.454. The van der Waals surface area contributed by atoms with Crippen LogP contribution in [0.3, 0.4) is 0 Å².